The third-order valence-corrected chi connectivity index (χ3v) is 3.01. The molecule has 1 heterocycles. The minimum atomic E-state index is 0.188. The zero-order valence-corrected chi connectivity index (χ0v) is 9.92. The van der Waals surface area contributed by atoms with E-state index in [2.05, 4.69) is 23.5 Å². The van der Waals surface area contributed by atoms with Crippen molar-refractivity contribution in [3.05, 3.63) is 29.3 Å². The predicted molar refractivity (Wildman–Crippen MR) is 65.7 cm³/mol. The van der Waals surface area contributed by atoms with E-state index in [1.807, 2.05) is 0 Å². The number of benzene rings is 1. The van der Waals surface area contributed by atoms with Crippen LogP contribution in [0.5, 0.6) is 0 Å². The molecular weight excluding hydrogens is 200 g/mol. The van der Waals surface area contributed by atoms with E-state index in [4.69, 9.17) is 0 Å². The van der Waals surface area contributed by atoms with E-state index in [9.17, 15) is 4.79 Å². The van der Waals surface area contributed by atoms with Crippen molar-refractivity contribution in [2.45, 2.75) is 19.3 Å². The van der Waals surface area contributed by atoms with Gasteiger partial charge in [-0.3, -0.25) is 4.79 Å². The summed E-state index contributed by atoms with van der Waals surface area (Å²) in [4.78, 5) is 13.1. The molecule has 0 atom stereocenters. The van der Waals surface area contributed by atoms with Gasteiger partial charge < -0.3 is 10.2 Å². The van der Waals surface area contributed by atoms with Crippen LogP contribution in [0.4, 0.5) is 5.69 Å². The molecule has 0 saturated carbocycles. The van der Waals surface area contributed by atoms with E-state index >= 15 is 0 Å². The first-order valence-corrected chi connectivity index (χ1v) is 5.72. The molecule has 1 aliphatic rings. The summed E-state index contributed by atoms with van der Waals surface area (Å²) in [5, 5.41) is 3.36. The average Bonchev–Trinajstić information content (AvgIpc) is 2.72. The van der Waals surface area contributed by atoms with Crippen LogP contribution >= 0.6 is 0 Å². The van der Waals surface area contributed by atoms with Gasteiger partial charge in [-0.15, -0.1) is 0 Å². The van der Waals surface area contributed by atoms with Gasteiger partial charge in [-0.1, -0.05) is 12.1 Å². The molecular formula is C13H18N2O. The van der Waals surface area contributed by atoms with Gasteiger partial charge in [0.15, 0.2) is 0 Å². The lowest BCUT2D eigenvalue weighted by atomic mass is 10.1. The van der Waals surface area contributed by atoms with Crippen molar-refractivity contribution in [3.63, 3.8) is 0 Å². The van der Waals surface area contributed by atoms with E-state index in [-0.39, 0.29) is 5.91 Å². The maximum atomic E-state index is 11.5. The lowest BCUT2D eigenvalue weighted by molar-refractivity contribution is -0.128. The van der Waals surface area contributed by atoms with Crippen molar-refractivity contribution in [2.75, 3.05) is 26.0 Å². The number of hydrogen-bond donors (Lipinski definition) is 1. The van der Waals surface area contributed by atoms with Gasteiger partial charge in [0, 0.05) is 32.7 Å². The van der Waals surface area contributed by atoms with Crippen molar-refractivity contribution in [3.8, 4) is 0 Å². The highest BCUT2D eigenvalue weighted by molar-refractivity contribution is 5.75. The van der Waals surface area contributed by atoms with Gasteiger partial charge in [0.2, 0.25) is 5.91 Å². The monoisotopic (exact) mass is 218 g/mol. The number of hydrogen-bond acceptors (Lipinski definition) is 2. The van der Waals surface area contributed by atoms with Crippen LogP contribution in [-0.2, 0) is 17.6 Å². The number of fused-ring (bicyclic) bond motifs is 1. The normalized spacial score (nSPS) is 13.1. The predicted octanol–water partition coefficient (Wildman–Crippen LogP) is 1.68. The Morgan fingerprint density at radius 1 is 1.44 bits per heavy atom. The molecule has 0 saturated heterocycles. The molecule has 0 spiro atoms. The first kappa shape index (κ1) is 11.0. The quantitative estimate of drug-likeness (QED) is 0.837. The van der Waals surface area contributed by atoms with Gasteiger partial charge in [-0.05, 0) is 30.0 Å². The van der Waals surface area contributed by atoms with Gasteiger partial charge in [0.25, 0.3) is 0 Å². The van der Waals surface area contributed by atoms with E-state index in [1.165, 1.54) is 16.8 Å². The molecule has 16 heavy (non-hydrogen) atoms. The fourth-order valence-electron chi connectivity index (χ4n) is 1.97. The Bertz CT molecular complexity index is 399. The first-order valence-electron chi connectivity index (χ1n) is 5.72. The third kappa shape index (κ3) is 2.35. The molecule has 0 radical (unpaired) electrons. The summed E-state index contributed by atoms with van der Waals surface area (Å²) in [6.45, 7) is 1.04. The van der Waals surface area contributed by atoms with Gasteiger partial charge in [-0.2, -0.15) is 0 Å². The van der Waals surface area contributed by atoms with Crippen LogP contribution in [-0.4, -0.2) is 31.4 Å². The number of nitrogens with one attached hydrogen (secondary N) is 1. The van der Waals surface area contributed by atoms with Crippen LogP contribution in [0, 0.1) is 0 Å². The molecule has 0 fully saturated rings. The molecule has 86 valence electrons. The van der Waals surface area contributed by atoms with Gasteiger partial charge in [0.05, 0.1) is 0 Å². The lowest BCUT2D eigenvalue weighted by Crippen LogP contribution is -2.21. The molecule has 2 rings (SSSR count). The molecule has 1 aromatic carbocycles. The zero-order valence-electron chi connectivity index (χ0n) is 9.92. The lowest BCUT2D eigenvalue weighted by Gasteiger charge is -2.10. The Kier molecular flexibility index (Phi) is 3.13. The Hall–Kier alpha value is -1.51. The summed E-state index contributed by atoms with van der Waals surface area (Å²) < 4.78 is 0. The highest BCUT2D eigenvalue weighted by Gasteiger charge is 2.10. The number of anilines is 1. The zero-order chi connectivity index (χ0) is 11.5. The van der Waals surface area contributed by atoms with Gasteiger partial charge in [-0.25, -0.2) is 0 Å². The van der Waals surface area contributed by atoms with E-state index in [0.29, 0.717) is 6.42 Å². The minimum Gasteiger partial charge on any atom is -0.384 e. The molecule has 1 N–H and O–H groups in total. The van der Waals surface area contributed by atoms with Crippen LogP contribution in [0.15, 0.2) is 18.2 Å². The fourth-order valence-corrected chi connectivity index (χ4v) is 1.97. The topological polar surface area (TPSA) is 32.3 Å². The molecule has 0 aliphatic carbocycles. The Morgan fingerprint density at radius 2 is 2.25 bits per heavy atom. The second-order valence-corrected chi connectivity index (χ2v) is 4.46. The van der Waals surface area contributed by atoms with Gasteiger partial charge >= 0.3 is 0 Å². The molecule has 3 nitrogen and oxygen atoms in total. The summed E-state index contributed by atoms with van der Waals surface area (Å²) in [6, 6.07) is 6.48. The maximum absolute atomic E-state index is 11.5. The molecule has 0 bridgehead atoms. The molecule has 1 aromatic rings. The second-order valence-electron chi connectivity index (χ2n) is 4.46. The van der Waals surface area contributed by atoms with Gasteiger partial charge in [0.1, 0.15) is 0 Å². The summed E-state index contributed by atoms with van der Waals surface area (Å²) in [7, 11) is 3.60. The number of carbonyl (C=O) groups excluding carboxylic acids is 1. The van der Waals surface area contributed by atoms with E-state index in [1.54, 1.807) is 19.0 Å². The van der Waals surface area contributed by atoms with Crippen LogP contribution in [0.25, 0.3) is 0 Å². The highest BCUT2D eigenvalue weighted by atomic mass is 16.2. The summed E-state index contributed by atoms with van der Waals surface area (Å²) >= 11 is 0. The Morgan fingerprint density at radius 3 is 3.00 bits per heavy atom. The van der Waals surface area contributed by atoms with Crippen LogP contribution < -0.4 is 5.32 Å². The number of carbonyl (C=O) groups is 1. The SMILES string of the molecule is CN(C)C(=O)CCc1ccc2c(c1)NCC2. The first-order chi connectivity index (χ1) is 7.66. The third-order valence-electron chi connectivity index (χ3n) is 3.01. The Labute approximate surface area is 96.5 Å². The number of aryl methyl sites for hydroxylation is 1. The van der Waals surface area contributed by atoms with E-state index < -0.39 is 0 Å². The van der Waals surface area contributed by atoms with Crippen LogP contribution in [0.3, 0.4) is 0 Å². The Balaban J connectivity index is 1.98. The number of nitrogens with zero attached hydrogens (tertiary/aromatic N) is 1. The van der Waals surface area contributed by atoms with Crippen molar-refractivity contribution in [1.82, 2.24) is 4.90 Å². The second kappa shape index (κ2) is 4.56. The molecule has 3 heteroatoms. The smallest absolute Gasteiger partial charge is 0.222 e. The van der Waals surface area contributed by atoms with Crippen LogP contribution in [0.1, 0.15) is 17.5 Å². The number of amides is 1. The maximum Gasteiger partial charge on any atom is 0.222 e. The molecule has 1 aliphatic heterocycles. The summed E-state index contributed by atoms with van der Waals surface area (Å²) in [6.07, 6.45) is 2.53. The highest BCUT2D eigenvalue weighted by Crippen LogP contribution is 2.23. The minimum absolute atomic E-state index is 0.188. The summed E-state index contributed by atoms with van der Waals surface area (Å²) in [5.41, 5.74) is 3.88. The fraction of sp³-hybridized carbons (Fsp3) is 0.462. The molecule has 0 aromatic heterocycles. The van der Waals surface area contributed by atoms with Crippen LogP contribution in [0.2, 0.25) is 0 Å². The van der Waals surface area contributed by atoms with Crippen molar-refractivity contribution < 1.29 is 4.79 Å². The van der Waals surface area contributed by atoms with E-state index in [0.717, 1.165) is 19.4 Å². The van der Waals surface area contributed by atoms with Crippen molar-refractivity contribution in [2.24, 2.45) is 0 Å². The van der Waals surface area contributed by atoms with Crippen molar-refractivity contribution >= 4 is 11.6 Å². The standard InChI is InChI=1S/C13H18N2O/c1-15(2)13(16)6-4-10-3-5-11-7-8-14-12(11)9-10/h3,5,9,14H,4,6-8H2,1-2H3. The summed E-state index contributed by atoms with van der Waals surface area (Å²) in [5.74, 6) is 0.188. The van der Waals surface area contributed by atoms with Crippen molar-refractivity contribution in [1.29, 1.82) is 0 Å². The average molecular weight is 218 g/mol. The molecule has 0 unspecified atom stereocenters. The number of rotatable bonds is 3. The molecule has 1 amide bonds. The largest absolute Gasteiger partial charge is 0.384 e.